The van der Waals surface area contributed by atoms with Gasteiger partial charge in [-0.15, -0.1) is 23.1 Å². The molecular weight excluding hydrogens is 328 g/mol. The van der Waals surface area contributed by atoms with Gasteiger partial charge in [0.1, 0.15) is 16.5 Å². The zero-order chi connectivity index (χ0) is 16.2. The first-order chi connectivity index (χ1) is 11.1. The second-order valence-corrected chi connectivity index (χ2v) is 7.43. The summed E-state index contributed by atoms with van der Waals surface area (Å²) in [6.07, 6.45) is 0. The quantitative estimate of drug-likeness (QED) is 0.674. The Balaban J connectivity index is 1.48. The maximum atomic E-state index is 12.2. The maximum absolute atomic E-state index is 12.2. The van der Waals surface area contributed by atoms with Gasteiger partial charge in [-0.3, -0.25) is 4.79 Å². The van der Waals surface area contributed by atoms with Crippen LogP contribution in [0.2, 0.25) is 0 Å². The molecule has 0 radical (unpaired) electrons. The second-order valence-electron chi connectivity index (χ2n) is 5.33. The Bertz CT molecular complexity index is 777. The van der Waals surface area contributed by atoms with Crippen LogP contribution >= 0.6 is 23.1 Å². The highest BCUT2D eigenvalue weighted by molar-refractivity contribution is 7.99. The molecule has 0 fully saturated rings. The Morgan fingerprint density at radius 2 is 2.13 bits per heavy atom. The monoisotopic (exact) mass is 346 g/mol. The molecule has 3 aromatic rings. The first kappa shape index (κ1) is 16.1. The van der Waals surface area contributed by atoms with E-state index in [1.807, 2.05) is 37.3 Å². The van der Waals surface area contributed by atoms with E-state index in [0.717, 1.165) is 27.8 Å². The molecule has 0 aliphatic carbocycles. The van der Waals surface area contributed by atoms with Crippen molar-refractivity contribution in [2.75, 3.05) is 12.8 Å². The van der Waals surface area contributed by atoms with Crippen LogP contribution in [0.25, 0.3) is 10.2 Å². The van der Waals surface area contributed by atoms with E-state index in [1.165, 1.54) is 4.70 Å². The number of carbonyl (C=O) groups is 1. The fraction of sp³-hybridized carbons (Fsp3) is 0.294. The molecule has 6 heteroatoms. The molecule has 1 amide bonds. The Labute approximate surface area is 143 Å². The second kappa shape index (κ2) is 7.19. The molecule has 0 saturated carbocycles. The van der Waals surface area contributed by atoms with E-state index < -0.39 is 0 Å². The van der Waals surface area contributed by atoms with Crippen LogP contribution in [0.15, 0.2) is 40.8 Å². The summed E-state index contributed by atoms with van der Waals surface area (Å²) in [5, 5.41) is 1.06. The Morgan fingerprint density at radius 3 is 2.87 bits per heavy atom. The predicted molar refractivity (Wildman–Crippen MR) is 95.7 cm³/mol. The molecule has 0 spiro atoms. The van der Waals surface area contributed by atoms with Gasteiger partial charge >= 0.3 is 0 Å². The van der Waals surface area contributed by atoms with Crippen LogP contribution in [0.3, 0.4) is 0 Å². The summed E-state index contributed by atoms with van der Waals surface area (Å²) in [6, 6.07) is 11.9. The number of hydrogen-bond donors (Lipinski definition) is 0. The van der Waals surface area contributed by atoms with Crippen molar-refractivity contribution >= 4 is 39.2 Å². The van der Waals surface area contributed by atoms with Gasteiger partial charge in [0.05, 0.1) is 22.5 Å². The van der Waals surface area contributed by atoms with Crippen LogP contribution in [0.1, 0.15) is 16.5 Å². The number of para-hydroxylation sites is 1. The van der Waals surface area contributed by atoms with E-state index >= 15 is 0 Å². The van der Waals surface area contributed by atoms with Crippen molar-refractivity contribution in [3.8, 4) is 0 Å². The van der Waals surface area contributed by atoms with Gasteiger partial charge < -0.3 is 9.32 Å². The molecular formula is C17H18N2O2S2. The van der Waals surface area contributed by atoms with Crippen molar-refractivity contribution in [3.63, 3.8) is 0 Å². The molecule has 23 heavy (non-hydrogen) atoms. The van der Waals surface area contributed by atoms with E-state index in [9.17, 15) is 4.79 Å². The lowest BCUT2D eigenvalue weighted by atomic mass is 10.3. The number of carbonyl (C=O) groups excluding carboxylic acids is 1. The number of thiazole rings is 1. The average Bonchev–Trinajstić information content (AvgIpc) is 3.12. The number of rotatable bonds is 6. The van der Waals surface area contributed by atoms with Crippen molar-refractivity contribution in [2.24, 2.45) is 0 Å². The van der Waals surface area contributed by atoms with Crippen LogP contribution in [-0.2, 0) is 17.1 Å². The lowest BCUT2D eigenvalue weighted by Crippen LogP contribution is -2.27. The van der Waals surface area contributed by atoms with Gasteiger partial charge in [0.25, 0.3) is 0 Å². The number of benzene rings is 1. The topological polar surface area (TPSA) is 46.3 Å². The Morgan fingerprint density at radius 1 is 1.30 bits per heavy atom. The van der Waals surface area contributed by atoms with E-state index in [4.69, 9.17) is 4.42 Å². The van der Waals surface area contributed by atoms with Crippen molar-refractivity contribution < 1.29 is 9.21 Å². The normalized spacial score (nSPS) is 11.0. The fourth-order valence-corrected chi connectivity index (χ4v) is 4.19. The lowest BCUT2D eigenvalue weighted by Gasteiger charge is -2.15. The number of aromatic nitrogens is 1. The maximum Gasteiger partial charge on any atom is 0.232 e. The zero-order valence-corrected chi connectivity index (χ0v) is 14.7. The first-order valence-electron chi connectivity index (χ1n) is 7.33. The summed E-state index contributed by atoms with van der Waals surface area (Å²) >= 11 is 3.29. The Hall–Kier alpha value is -1.79. The SMILES string of the molecule is Cc1ccc(CN(C)C(=O)CSCc2nc3ccccc3s2)o1. The van der Waals surface area contributed by atoms with Crippen molar-refractivity contribution in [1.82, 2.24) is 9.88 Å². The zero-order valence-electron chi connectivity index (χ0n) is 13.1. The van der Waals surface area contributed by atoms with Crippen LogP contribution < -0.4 is 0 Å². The average molecular weight is 346 g/mol. The van der Waals surface area contributed by atoms with E-state index in [-0.39, 0.29) is 5.91 Å². The van der Waals surface area contributed by atoms with Crippen molar-refractivity contribution in [2.45, 2.75) is 19.2 Å². The molecule has 1 aromatic carbocycles. The van der Waals surface area contributed by atoms with Crippen LogP contribution in [0, 0.1) is 6.92 Å². The molecule has 0 atom stereocenters. The number of hydrogen-bond acceptors (Lipinski definition) is 5. The van der Waals surface area contributed by atoms with Crippen LogP contribution in [-0.4, -0.2) is 28.6 Å². The van der Waals surface area contributed by atoms with E-state index in [2.05, 4.69) is 11.1 Å². The summed E-state index contributed by atoms with van der Waals surface area (Å²) in [6.45, 7) is 2.41. The van der Waals surface area contributed by atoms with E-state index in [1.54, 1.807) is 35.0 Å². The number of thioether (sulfide) groups is 1. The highest BCUT2D eigenvalue weighted by Gasteiger charge is 2.12. The number of furan rings is 1. The van der Waals surface area contributed by atoms with Gasteiger partial charge in [0.15, 0.2) is 0 Å². The van der Waals surface area contributed by atoms with Gasteiger partial charge in [-0.05, 0) is 31.2 Å². The molecule has 120 valence electrons. The van der Waals surface area contributed by atoms with Crippen molar-refractivity contribution in [1.29, 1.82) is 0 Å². The molecule has 0 aliphatic rings. The minimum atomic E-state index is 0.102. The van der Waals surface area contributed by atoms with Gasteiger partial charge in [0.2, 0.25) is 5.91 Å². The van der Waals surface area contributed by atoms with Crippen molar-refractivity contribution in [3.05, 3.63) is 52.9 Å². The smallest absolute Gasteiger partial charge is 0.232 e. The number of aryl methyl sites for hydroxylation is 1. The summed E-state index contributed by atoms with van der Waals surface area (Å²) in [4.78, 5) is 18.4. The standard InChI is InChI=1S/C17H18N2O2S2/c1-12-7-8-13(21-12)9-19(2)17(20)11-22-10-16-18-14-5-3-4-6-15(14)23-16/h3-8H,9-11H2,1-2H3. The largest absolute Gasteiger partial charge is 0.464 e. The third-order valence-electron chi connectivity index (χ3n) is 3.40. The molecule has 2 heterocycles. The number of amides is 1. The molecule has 2 aromatic heterocycles. The first-order valence-corrected chi connectivity index (χ1v) is 9.30. The third kappa shape index (κ3) is 4.14. The highest BCUT2D eigenvalue weighted by atomic mass is 32.2. The third-order valence-corrected chi connectivity index (χ3v) is 5.55. The van der Waals surface area contributed by atoms with Gasteiger partial charge in [-0.25, -0.2) is 4.98 Å². The molecule has 0 unspecified atom stereocenters. The van der Waals surface area contributed by atoms with Crippen LogP contribution in [0.4, 0.5) is 0 Å². The van der Waals surface area contributed by atoms with E-state index in [0.29, 0.717) is 12.3 Å². The summed E-state index contributed by atoms with van der Waals surface area (Å²) in [5.41, 5.74) is 1.03. The summed E-state index contributed by atoms with van der Waals surface area (Å²) in [7, 11) is 1.80. The lowest BCUT2D eigenvalue weighted by molar-refractivity contribution is -0.127. The molecule has 3 rings (SSSR count). The molecule has 4 nitrogen and oxygen atoms in total. The minimum Gasteiger partial charge on any atom is -0.464 e. The number of nitrogens with zero attached hydrogens (tertiary/aromatic N) is 2. The van der Waals surface area contributed by atoms with Gasteiger partial charge in [0, 0.05) is 12.8 Å². The van der Waals surface area contributed by atoms with Gasteiger partial charge in [-0.2, -0.15) is 0 Å². The summed E-state index contributed by atoms with van der Waals surface area (Å²) < 4.78 is 6.70. The Kier molecular flexibility index (Phi) is 5.03. The molecule has 0 bridgehead atoms. The molecule has 0 saturated heterocycles. The predicted octanol–water partition coefficient (Wildman–Crippen LogP) is 4.09. The van der Waals surface area contributed by atoms with Crippen LogP contribution in [0.5, 0.6) is 0 Å². The highest BCUT2D eigenvalue weighted by Crippen LogP contribution is 2.24. The summed E-state index contributed by atoms with van der Waals surface area (Å²) in [5.74, 6) is 3.00. The molecule has 0 aliphatic heterocycles. The number of fused-ring (bicyclic) bond motifs is 1. The minimum absolute atomic E-state index is 0.102. The fourth-order valence-electron chi connectivity index (χ4n) is 2.21. The molecule has 0 N–H and O–H groups in total. The van der Waals surface area contributed by atoms with Gasteiger partial charge in [-0.1, -0.05) is 12.1 Å².